The number of fused-ring (bicyclic) bond motifs is 1. The van der Waals surface area contributed by atoms with Crippen LogP contribution in [0.4, 0.5) is 0 Å². The van der Waals surface area contributed by atoms with E-state index in [0.29, 0.717) is 28.4 Å². The number of nitrogens with one attached hydrogen (secondary N) is 1. The number of hydrogen-bond donors (Lipinski definition) is 1. The van der Waals surface area contributed by atoms with Crippen LogP contribution in [0.3, 0.4) is 0 Å². The van der Waals surface area contributed by atoms with Gasteiger partial charge in [0.25, 0.3) is 5.56 Å². The Kier molecular flexibility index (Phi) is 5.21. The normalized spacial score (nSPS) is 11.4. The van der Waals surface area contributed by atoms with Crippen molar-refractivity contribution in [1.82, 2.24) is 29.7 Å². The smallest absolute Gasteiger partial charge is 0.258 e. The van der Waals surface area contributed by atoms with E-state index in [9.17, 15) is 4.79 Å². The van der Waals surface area contributed by atoms with Gasteiger partial charge in [0.1, 0.15) is 5.82 Å². The predicted octanol–water partition coefficient (Wildman–Crippen LogP) is 3.52. The highest BCUT2D eigenvalue weighted by molar-refractivity contribution is 7.98. The minimum atomic E-state index is -0.124. The monoisotopic (exact) mass is 392 g/mol. The SMILES string of the molecule is CC(C)Cn1c(SCc2nc3ccccc3c(=O)[nH]2)nnc1-c1cccnc1. The largest absolute Gasteiger partial charge is 0.309 e. The van der Waals surface area contributed by atoms with Gasteiger partial charge >= 0.3 is 0 Å². The number of aromatic amines is 1. The molecule has 0 radical (unpaired) electrons. The summed E-state index contributed by atoms with van der Waals surface area (Å²) in [5.74, 6) is 2.35. The Hall–Kier alpha value is -3.00. The van der Waals surface area contributed by atoms with Crippen molar-refractivity contribution in [2.24, 2.45) is 5.92 Å². The molecular formula is C20H20N6OS. The Labute approximate surface area is 166 Å². The van der Waals surface area contributed by atoms with Gasteiger partial charge in [0.2, 0.25) is 0 Å². The summed E-state index contributed by atoms with van der Waals surface area (Å²) >= 11 is 1.51. The van der Waals surface area contributed by atoms with Crippen molar-refractivity contribution >= 4 is 22.7 Å². The summed E-state index contributed by atoms with van der Waals surface area (Å²) in [5.41, 5.74) is 1.50. The second kappa shape index (κ2) is 7.93. The van der Waals surface area contributed by atoms with Crippen LogP contribution in [0.25, 0.3) is 22.3 Å². The average Bonchev–Trinajstić information content (AvgIpc) is 3.09. The van der Waals surface area contributed by atoms with Gasteiger partial charge in [-0.15, -0.1) is 10.2 Å². The number of hydrogen-bond acceptors (Lipinski definition) is 6. The fraction of sp³-hybridized carbons (Fsp3) is 0.250. The zero-order valence-electron chi connectivity index (χ0n) is 15.7. The van der Waals surface area contributed by atoms with E-state index >= 15 is 0 Å². The molecule has 0 atom stereocenters. The number of nitrogens with zero attached hydrogens (tertiary/aromatic N) is 5. The van der Waals surface area contributed by atoms with Crippen molar-refractivity contribution in [2.45, 2.75) is 31.3 Å². The van der Waals surface area contributed by atoms with Gasteiger partial charge in [0.15, 0.2) is 11.0 Å². The predicted molar refractivity (Wildman–Crippen MR) is 110 cm³/mol. The third-order valence-electron chi connectivity index (χ3n) is 4.18. The molecule has 4 aromatic rings. The number of rotatable bonds is 6. The van der Waals surface area contributed by atoms with E-state index in [1.807, 2.05) is 30.3 Å². The summed E-state index contributed by atoms with van der Waals surface area (Å²) in [4.78, 5) is 23.9. The molecule has 1 aromatic carbocycles. The van der Waals surface area contributed by atoms with Gasteiger partial charge in [-0.05, 0) is 30.2 Å². The quantitative estimate of drug-likeness (QED) is 0.505. The fourth-order valence-electron chi connectivity index (χ4n) is 2.97. The molecule has 0 saturated heterocycles. The Bertz CT molecular complexity index is 1150. The minimum Gasteiger partial charge on any atom is -0.309 e. The Morgan fingerprint density at radius 1 is 1.14 bits per heavy atom. The Balaban J connectivity index is 1.63. The molecule has 3 aromatic heterocycles. The van der Waals surface area contributed by atoms with Crippen molar-refractivity contribution in [3.63, 3.8) is 0 Å². The summed E-state index contributed by atoms with van der Waals surface area (Å²) < 4.78 is 2.10. The van der Waals surface area contributed by atoms with E-state index in [0.717, 1.165) is 23.1 Å². The molecule has 8 heteroatoms. The summed E-state index contributed by atoms with van der Waals surface area (Å²) in [6, 6.07) is 11.2. The molecule has 0 bridgehead atoms. The Morgan fingerprint density at radius 3 is 2.79 bits per heavy atom. The van der Waals surface area contributed by atoms with E-state index in [1.54, 1.807) is 18.5 Å². The molecule has 0 unspecified atom stereocenters. The van der Waals surface area contributed by atoms with Gasteiger partial charge in [-0.3, -0.25) is 9.78 Å². The molecule has 1 N–H and O–H groups in total. The van der Waals surface area contributed by atoms with Crippen LogP contribution in [0, 0.1) is 5.92 Å². The third kappa shape index (κ3) is 3.82. The maximum atomic E-state index is 12.3. The van der Waals surface area contributed by atoms with Crippen LogP contribution in [0.2, 0.25) is 0 Å². The summed E-state index contributed by atoms with van der Waals surface area (Å²) in [7, 11) is 0. The van der Waals surface area contributed by atoms with Crippen LogP contribution in [-0.2, 0) is 12.3 Å². The van der Waals surface area contributed by atoms with Gasteiger partial charge in [-0.2, -0.15) is 0 Å². The van der Waals surface area contributed by atoms with Crippen LogP contribution in [0.15, 0.2) is 58.7 Å². The summed E-state index contributed by atoms with van der Waals surface area (Å²) in [6.07, 6.45) is 3.53. The van der Waals surface area contributed by atoms with E-state index < -0.39 is 0 Å². The number of para-hydroxylation sites is 1. The molecule has 4 rings (SSSR count). The zero-order valence-corrected chi connectivity index (χ0v) is 16.5. The maximum absolute atomic E-state index is 12.3. The number of benzene rings is 1. The van der Waals surface area contributed by atoms with Gasteiger partial charge < -0.3 is 9.55 Å². The minimum absolute atomic E-state index is 0.124. The second-order valence-corrected chi connectivity index (χ2v) is 7.81. The van der Waals surface area contributed by atoms with Crippen molar-refractivity contribution < 1.29 is 0 Å². The van der Waals surface area contributed by atoms with E-state index in [-0.39, 0.29) is 5.56 Å². The van der Waals surface area contributed by atoms with E-state index in [2.05, 4.69) is 43.6 Å². The summed E-state index contributed by atoms with van der Waals surface area (Å²) in [5, 5.41) is 10.1. The first-order chi connectivity index (χ1) is 13.6. The van der Waals surface area contributed by atoms with Gasteiger partial charge in [0, 0.05) is 24.5 Å². The molecule has 142 valence electrons. The first-order valence-corrected chi connectivity index (χ1v) is 10.0. The maximum Gasteiger partial charge on any atom is 0.258 e. The lowest BCUT2D eigenvalue weighted by atomic mass is 10.2. The lowest BCUT2D eigenvalue weighted by Gasteiger charge is -2.12. The van der Waals surface area contributed by atoms with Crippen molar-refractivity contribution in [1.29, 1.82) is 0 Å². The molecule has 0 spiro atoms. The third-order valence-corrected chi connectivity index (χ3v) is 5.16. The summed E-state index contributed by atoms with van der Waals surface area (Å²) in [6.45, 7) is 5.11. The lowest BCUT2D eigenvalue weighted by Crippen LogP contribution is -2.11. The van der Waals surface area contributed by atoms with Gasteiger partial charge in [-0.25, -0.2) is 4.98 Å². The number of pyridine rings is 1. The molecular weight excluding hydrogens is 372 g/mol. The first kappa shape index (κ1) is 18.4. The van der Waals surface area contributed by atoms with Crippen LogP contribution in [-0.4, -0.2) is 29.7 Å². The van der Waals surface area contributed by atoms with Gasteiger partial charge in [0.05, 0.1) is 16.7 Å². The highest BCUT2D eigenvalue weighted by atomic mass is 32.2. The molecule has 0 saturated carbocycles. The number of aromatic nitrogens is 6. The van der Waals surface area contributed by atoms with Crippen LogP contribution in [0.1, 0.15) is 19.7 Å². The van der Waals surface area contributed by atoms with E-state index in [4.69, 9.17) is 0 Å². The van der Waals surface area contributed by atoms with Gasteiger partial charge in [-0.1, -0.05) is 37.7 Å². The second-order valence-electron chi connectivity index (χ2n) is 6.87. The highest BCUT2D eigenvalue weighted by Crippen LogP contribution is 2.26. The number of H-pyrrole nitrogens is 1. The fourth-order valence-corrected chi connectivity index (χ4v) is 3.79. The Morgan fingerprint density at radius 2 is 2.00 bits per heavy atom. The molecule has 0 fully saturated rings. The first-order valence-electron chi connectivity index (χ1n) is 9.06. The number of thioether (sulfide) groups is 1. The van der Waals surface area contributed by atoms with Crippen LogP contribution >= 0.6 is 11.8 Å². The van der Waals surface area contributed by atoms with Crippen LogP contribution < -0.4 is 5.56 Å². The lowest BCUT2D eigenvalue weighted by molar-refractivity contribution is 0.498. The molecule has 0 aliphatic heterocycles. The molecule has 0 aliphatic carbocycles. The molecule has 3 heterocycles. The molecule has 28 heavy (non-hydrogen) atoms. The zero-order chi connectivity index (χ0) is 19.5. The van der Waals surface area contributed by atoms with Crippen LogP contribution in [0.5, 0.6) is 0 Å². The molecule has 0 amide bonds. The highest BCUT2D eigenvalue weighted by Gasteiger charge is 2.16. The van der Waals surface area contributed by atoms with Crippen molar-refractivity contribution in [2.75, 3.05) is 0 Å². The molecule has 7 nitrogen and oxygen atoms in total. The molecule has 0 aliphatic rings. The van der Waals surface area contributed by atoms with E-state index in [1.165, 1.54) is 11.8 Å². The standard InChI is InChI=1S/C20H20N6OS/c1-13(2)11-26-18(14-6-5-9-21-10-14)24-25-20(26)28-12-17-22-16-8-4-3-7-15(16)19(27)23-17/h3-10,13H,11-12H2,1-2H3,(H,22,23,27). The van der Waals surface area contributed by atoms with Crippen molar-refractivity contribution in [3.8, 4) is 11.4 Å². The topological polar surface area (TPSA) is 89.4 Å². The van der Waals surface area contributed by atoms with Crippen molar-refractivity contribution in [3.05, 3.63) is 65.0 Å². The average molecular weight is 392 g/mol.